The van der Waals surface area contributed by atoms with Gasteiger partial charge in [0.2, 0.25) is 0 Å². The molecule has 0 spiro atoms. The van der Waals surface area contributed by atoms with E-state index in [0.717, 1.165) is 17.9 Å². The molecule has 1 N–H and O–H groups in total. The smallest absolute Gasteiger partial charge is 0.00683 e. The molecule has 0 aliphatic heterocycles. The summed E-state index contributed by atoms with van der Waals surface area (Å²) < 4.78 is 0. The van der Waals surface area contributed by atoms with Crippen molar-refractivity contribution in [2.45, 2.75) is 57.4 Å². The Kier molecular flexibility index (Phi) is 3.11. The van der Waals surface area contributed by atoms with Gasteiger partial charge in [-0.15, -0.1) is 0 Å². The zero-order valence-corrected chi connectivity index (χ0v) is 11.8. The first-order chi connectivity index (χ1) is 9.38. The summed E-state index contributed by atoms with van der Waals surface area (Å²) in [7, 11) is 0. The summed E-state index contributed by atoms with van der Waals surface area (Å²) in [5.74, 6) is 1.90. The summed E-state index contributed by atoms with van der Waals surface area (Å²) >= 11 is 0. The molecular weight excluding hydrogens is 230 g/mol. The van der Waals surface area contributed by atoms with Gasteiger partial charge in [0.05, 0.1) is 0 Å². The van der Waals surface area contributed by atoms with E-state index in [4.69, 9.17) is 0 Å². The molecule has 19 heavy (non-hydrogen) atoms. The lowest BCUT2D eigenvalue weighted by Gasteiger charge is -2.37. The Bertz CT molecular complexity index is 461. The summed E-state index contributed by atoms with van der Waals surface area (Å²) in [6.07, 6.45) is 11.1. The van der Waals surface area contributed by atoms with Crippen molar-refractivity contribution < 1.29 is 0 Å². The molecule has 1 nitrogen and oxygen atoms in total. The van der Waals surface area contributed by atoms with Crippen molar-refractivity contribution in [1.82, 2.24) is 5.32 Å². The normalized spacial score (nSPS) is 29.1. The zero-order valence-electron chi connectivity index (χ0n) is 11.8. The lowest BCUT2D eigenvalue weighted by molar-refractivity contribution is 0.170. The maximum atomic E-state index is 3.72. The minimum atomic E-state index is 0.876. The molecule has 0 bridgehead atoms. The van der Waals surface area contributed by atoms with Crippen LogP contribution in [0.25, 0.3) is 0 Å². The Hall–Kier alpha value is -0.820. The Morgan fingerprint density at radius 1 is 0.947 bits per heavy atom. The van der Waals surface area contributed by atoms with Gasteiger partial charge in [0.25, 0.3) is 0 Å². The fourth-order valence-electron chi connectivity index (χ4n) is 3.84. The van der Waals surface area contributed by atoms with Gasteiger partial charge in [-0.1, -0.05) is 18.2 Å². The minimum absolute atomic E-state index is 0.876. The van der Waals surface area contributed by atoms with Gasteiger partial charge in [0.15, 0.2) is 0 Å². The highest BCUT2D eigenvalue weighted by Gasteiger charge is 2.32. The maximum Gasteiger partial charge on any atom is 0.00683 e. The summed E-state index contributed by atoms with van der Waals surface area (Å²) in [5.41, 5.74) is 4.86. The first-order valence-corrected chi connectivity index (χ1v) is 8.22. The molecular formula is C18H25N. The van der Waals surface area contributed by atoms with Gasteiger partial charge in [0.1, 0.15) is 0 Å². The Labute approximate surface area is 116 Å². The summed E-state index contributed by atoms with van der Waals surface area (Å²) in [6, 6.07) is 8.18. The average molecular weight is 255 g/mol. The predicted octanol–water partition coefficient (Wildman–Crippen LogP) is 3.50. The maximum absolute atomic E-state index is 3.72. The zero-order chi connectivity index (χ0) is 12.7. The third kappa shape index (κ3) is 2.58. The van der Waals surface area contributed by atoms with Crippen molar-refractivity contribution in [3.05, 3.63) is 34.9 Å². The van der Waals surface area contributed by atoms with Crippen molar-refractivity contribution in [2.24, 2.45) is 11.8 Å². The van der Waals surface area contributed by atoms with Crippen LogP contribution in [0.5, 0.6) is 0 Å². The van der Waals surface area contributed by atoms with Crippen LogP contribution in [0.3, 0.4) is 0 Å². The standard InChI is InChI=1S/C18H25N/c1-2-14-5-4-13(10-15(14)3-1)11-16-6-7-17(16)12-19-18-8-9-18/h4-5,10,16-19H,1-3,6-9,11-12H2. The van der Waals surface area contributed by atoms with E-state index in [1.165, 1.54) is 57.9 Å². The largest absolute Gasteiger partial charge is 0.314 e. The van der Waals surface area contributed by atoms with E-state index < -0.39 is 0 Å². The molecule has 2 atom stereocenters. The van der Waals surface area contributed by atoms with Crippen LogP contribution in [0, 0.1) is 11.8 Å². The van der Waals surface area contributed by atoms with E-state index in [0.29, 0.717) is 0 Å². The molecule has 0 radical (unpaired) electrons. The molecule has 2 unspecified atom stereocenters. The molecule has 102 valence electrons. The first kappa shape index (κ1) is 12.0. The van der Waals surface area contributed by atoms with Gasteiger partial charge in [-0.05, 0) is 86.4 Å². The number of fused-ring (bicyclic) bond motifs is 1. The summed E-state index contributed by atoms with van der Waals surface area (Å²) in [4.78, 5) is 0. The fourth-order valence-corrected chi connectivity index (χ4v) is 3.84. The highest BCUT2D eigenvalue weighted by atomic mass is 14.9. The van der Waals surface area contributed by atoms with Gasteiger partial charge in [-0.3, -0.25) is 0 Å². The number of hydrogen-bond acceptors (Lipinski definition) is 1. The van der Waals surface area contributed by atoms with Crippen LogP contribution in [-0.4, -0.2) is 12.6 Å². The Balaban J connectivity index is 1.35. The second kappa shape index (κ2) is 4.94. The lowest BCUT2D eigenvalue weighted by Crippen LogP contribution is -2.37. The number of hydrogen-bond donors (Lipinski definition) is 1. The number of rotatable bonds is 5. The molecule has 2 fully saturated rings. The molecule has 3 aliphatic rings. The van der Waals surface area contributed by atoms with Crippen molar-refractivity contribution in [3.63, 3.8) is 0 Å². The molecule has 0 amide bonds. The molecule has 0 heterocycles. The van der Waals surface area contributed by atoms with E-state index in [9.17, 15) is 0 Å². The van der Waals surface area contributed by atoms with Gasteiger partial charge in [-0.2, -0.15) is 0 Å². The van der Waals surface area contributed by atoms with E-state index in [2.05, 4.69) is 23.5 Å². The number of aryl methyl sites for hydroxylation is 2. The summed E-state index contributed by atoms with van der Waals surface area (Å²) in [5, 5.41) is 3.72. The number of nitrogens with one attached hydrogen (secondary N) is 1. The molecule has 1 heteroatoms. The molecule has 0 saturated heterocycles. The van der Waals surface area contributed by atoms with Gasteiger partial charge >= 0.3 is 0 Å². The third-order valence-corrected chi connectivity index (χ3v) is 5.48. The number of benzene rings is 1. The molecule has 1 aromatic carbocycles. The van der Waals surface area contributed by atoms with Crippen LogP contribution in [0.15, 0.2) is 18.2 Å². The van der Waals surface area contributed by atoms with Crippen molar-refractivity contribution in [1.29, 1.82) is 0 Å². The third-order valence-electron chi connectivity index (χ3n) is 5.48. The highest BCUT2D eigenvalue weighted by Crippen LogP contribution is 2.37. The van der Waals surface area contributed by atoms with Crippen LogP contribution in [0.2, 0.25) is 0 Å². The lowest BCUT2D eigenvalue weighted by atomic mass is 9.70. The van der Waals surface area contributed by atoms with Crippen molar-refractivity contribution in [3.8, 4) is 0 Å². The second-order valence-corrected chi connectivity index (χ2v) is 6.94. The van der Waals surface area contributed by atoms with Crippen LogP contribution >= 0.6 is 0 Å². The van der Waals surface area contributed by atoms with Crippen molar-refractivity contribution >= 4 is 0 Å². The van der Waals surface area contributed by atoms with Crippen LogP contribution in [-0.2, 0) is 19.3 Å². The van der Waals surface area contributed by atoms with Crippen LogP contribution in [0.1, 0.15) is 48.8 Å². The molecule has 4 rings (SSSR count). The SMILES string of the molecule is c1cc2c(cc1CC1CCC1CNC1CC1)CCC2. The molecule has 0 aromatic heterocycles. The molecule has 1 aromatic rings. The highest BCUT2D eigenvalue weighted by molar-refractivity contribution is 5.35. The van der Waals surface area contributed by atoms with Gasteiger partial charge in [0, 0.05) is 6.04 Å². The quantitative estimate of drug-likeness (QED) is 0.849. The van der Waals surface area contributed by atoms with Crippen LogP contribution < -0.4 is 5.32 Å². The average Bonchev–Trinajstić information content (AvgIpc) is 3.11. The topological polar surface area (TPSA) is 12.0 Å². The monoisotopic (exact) mass is 255 g/mol. The van der Waals surface area contributed by atoms with Crippen molar-refractivity contribution in [2.75, 3.05) is 6.54 Å². The summed E-state index contributed by atoms with van der Waals surface area (Å²) in [6.45, 7) is 1.28. The fraction of sp³-hybridized carbons (Fsp3) is 0.667. The van der Waals surface area contributed by atoms with Gasteiger partial charge < -0.3 is 5.32 Å². The second-order valence-electron chi connectivity index (χ2n) is 6.94. The van der Waals surface area contributed by atoms with E-state index in [1.807, 2.05) is 0 Å². The Morgan fingerprint density at radius 3 is 2.58 bits per heavy atom. The Morgan fingerprint density at radius 2 is 1.79 bits per heavy atom. The minimum Gasteiger partial charge on any atom is -0.314 e. The van der Waals surface area contributed by atoms with Gasteiger partial charge in [-0.25, -0.2) is 0 Å². The van der Waals surface area contributed by atoms with Crippen LogP contribution in [0.4, 0.5) is 0 Å². The van der Waals surface area contributed by atoms with E-state index >= 15 is 0 Å². The first-order valence-electron chi connectivity index (χ1n) is 8.22. The van der Waals surface area contributed by atoms with E-state index in [1.54, 1.807) is 16.7 Å². The molecule has 2 saturated carbocycles. The predicted molar refractivity (Wildman–Crippen MR) is 79.4 cm³/mol. The van der Waals surface area contributed by atoms with E-state index in [-0.39, 0.29) is 0 Å². The molecule has 3 aliphatic carbocycles.